The molecule has 0 fully saturated rings. The Labute approximate surface area is 179 Å². The van der Waals surface area contributed by atoms with Crippen molar-refractivity contribution in [2.24, 2.45) is 0 Å². The number of hydrogen-bond acceptors (Lipinski definition) is 5. The fourth-order valence-corrected chi connectivity index (χ4v) is 4.70. The van der Waals surface area contributed by atoms with E-state index in [0.717, 1.165) is 45.5 Å². The van der Waals surface area contributed by atoms with E-state index in [4.69, 9.17) is 15.1 Å². The van der Waals surface area contributed by atoms with Crippen LogP contribution in [0.25, 0.3) is 26.9 Å². The summed E-state index contributed by atoms with van der Waals surface area (Å²) < 4.78 is 3.06. The Balaban J connectivity index is 1.58. The summed E-state index contributed by atoms with van der Waals surface area (Å²) in [5, 5.41) is 10.2. The molecule has 0 radical (unpaired) electrons. The monoisotopic (exact) mass is 413 g/mol. The van der Waals surface area contributed by atoms with Gasteiger partial charge >= 0.3 is 0 Å². The standard InChI is InChI=1S/C24H23N5S/c1-5-17-9-10-19-20(13-17)30-24(25-19)27-22-12-16(4)28-29(22)21-11-15(3)18-8-6-7-14(2)23(18)26-21/h6-13H,5H2,1-4H3,(H,25,27). The molecule has 0 atom stereocenters. The normalized spacial score (nSPS) is 11.5. The SMILES string of the molecule is CCc1ccc2nc(Nc3cc(C)nn3-c3cc(C)c4cccc(C)c4n3)sc2c1. The number of nitrogens with zero attached hydrogens (tertiary/aromatic N) is 4. The Hall–Kier alpha value is -3.25. The van der Waals surface area contributed by atoms with E-state index < -0.39 is 0 Å². The van der Waals surface area contributed by atoms with Crippen LogP contribution in [0.1, 0.15) is 29.3 Å². The first kappa shape index (κ1) is 18.8. The number of aromatic nitrogens is 4. The molecule has 3 aromatic heterocycles. The second kappa shape index (κ2) is 7.22. The summed E-state index contributed by atoms with van der Waals surface area (Å²) in [5.41, 5.74) is 6.62. The molecule has 0 aliphatic rings. The highest BCUT2D eigenvalue weighted by Gasteiger charge is 2.14. The molecular formula is C24H23N5S. The van der Waals surface area contributed by atoms with E-state index in [1.54, 1.807) is 11.3 Å². The van der Waals surface area contributed by atoms with Gasteiger partial charge in [0.1, 0.15) is 5.82 Å². The summed E-state index contributed by atoms with van der Waals surface area (Å²) in [6.07, 6.45) is 1.02. The maximum Gasteiger partial charge on any atom is 0.189 e. The van der Waals surface area contributed by atoms with Crippen molar-refractivity contribution in [2.75, 3.05) is 5.32 Å². The van der Waals surface area contributed by atoms with E-state index in [1.165, 1.54) is 21.2 Å². The number of pyridine rings is 1. The van der Waals surface area contributed by atoms with Crippen LogP contribution in [0.5, 0.6) is 0 Å². The number of anilines is 2. The molecule has 6 heteroatoms. The number of para-hydroxylation sites is 1. The summed E-state index contributed by atoms with van der Waals surface area (Å²) in [7, 11) is 0. The van der Waals surface area contributed by atoms with Crippen LogP contribution in [0.4, 0.5) is 10.9 Å². The molecule has 5 nitrogen and oxygen atoms in total. The summed E-state index contributed by atoms with van der Waals surface area (Å²) in [6, 6.07) is 16.9. The molecule has 5 aromatic rings. The fourth-order valence-electron chi connectivity index (χ4n) is 3.77. The van der Waals surface area contributed by atoms with Crippen LogP contribution in [0.2, 0.25) is 0 Å². The molecule has 0 aliphatic carbocycles. The van der Waals surface area contributed by atoms with Gasteiger partial charge in [-0.2, -0.15) is 9.78 Å². The lowest BCUT2D eigenvalue weighted by atomic mass is 10.1. The highest BCUT2D eigenvalue weighted by atomic mass is 32.1. The molecule has 1 N–H and O–H groups in total. The van der Waals surface area contributed by atoms with Crippen LogP contribution < -0.4 is 5.32 Å². The summed E-state index contributed by atoms with van der Waals surface area (Å²) in [6.45, 7) is 8.38. The van der Waals surface area contributed by atoms with E-state index in [0.29, 0.717) is 0 Å². The van der Waals surface area contributed by atoms with Crippen molar-refractivity contribution in [3.63, 3.8) is 0 Å². The highest BCUT2D eigenvalue weighted by Crippen LogP contribution is 2.31. The fraction of sp³-hybridized carbons (Fsp3) is 0.208. The number of benzene rings is 2. The zero-order valence-electron chi connectivity index (χ0n) is 17.5. The topological polar surface area (TPSA) is 55.6 Å². The molecular weight excluding hydrogens is 390 g/mol. The van der Waals surface area contributed by atoms with Crippen LogP contribution in [-0.4, -0.2) is 19.7 Å². The zero-order chi connectivity index (χ0) is 20.8. The third kappa shape index (κ3) is 3.23. The summed E-state index contributed by atoms with van der Waals surface area (Å²) in [5.74, 6) is 1.67. The van der Waals surface area contributed by atoms with Gasteiger partial charge in [0, 0.05) is 11.5 Å². The largest absolute Gasteiger partial charge is 0.316 e. The molecule has 0 saturated heterocycles. The predicted octanol–water partition coefficient (Wildman–Crippen LogP) is 6.26. The average molecular weight is 414 g/mol. The van der Waals surface area contributed by atoms with Crippen molar-refractivity contribution in [3.8, 4) is 5.82 Å². The van der Waals surface area contributed by atoms with Crippen LogP contribution in [0, 0.1) is 20.8 Å². The first-order valence-corrected chi connectivity index (χ1v) is 10.9. The van der Waals surface area contributed by atoms with Gasteiger partial charge in [0.05, 0.1) is 21.4 Å². The molecule has 0 unspecified atom stereocenters. The number of rotatable bonds is 4. The van der Waals surface area contributed by atoms with Crippen molar-refractivity contribution >= 4 is 43.4 Å². The maximum atomic E-state index is 4.93. The minimum Gasteiger partial charge on any atom is -0.316 e. The van der Waals surface area contributed by atoms with Gasteiger partial charge in [0.2, 0.25) is 0 Å². The minimum atomic E-state index is 0.805. The van der Waals surface area contributed by atoms with E-state index in [2.05, 4.69) is 68.6 Å². The smallest absolute Gasteiger partial charge is 0.189 e. The Kier molecular flexibility index (Phi) is 4.51. The van der Waals surface area contributed by atoms with Gasteiger partial charge in [-0.05, 0) is 62.1 Å². The Morgan fingerprint density at radius 1 is 0.967 bits per heavy atom. The molecule has 30 heavy (non-hydrogen) atoms. The Morgan fingerprint density at radius 2 is 1.83 bits per heavy atom. The maximum absolute atomic E-state index is 4.93. The Bertz CT molecular complexity index is 1400. The molecule has 0 amide bonds. The minimum absolute atomic E-state index is 0.805. The molecule has 0 bridgehead atoms. The highest BCUT2D eigenvalue weighted by molar-refractivity contribution is 7.22. The predicted molar refractivity (Wildman–Crippen MR) is 125 cm³/mol. The quantitative estimate of drug-likeness (QED) is 0.378. The molecule has 0 spiro atoms. The average Bonchev–Trinajstić information content (AvgIpc) is 3.30. The molecule has 0 aliphatic heterocycles. The van der Waals surface area contributed by atoms with Gasteiger partial charge in [0.15, 0.2) is 10.9 Å². The second-order valence-electron chi connectivity index (χ2n) is 7.65. The first-order valence-electron chi connectivity index (χ1n) is 10.1. The van der Waals surface area contributed by atoms with Crippen molar-refractivity contribution in [2.45, 2.75) is 34.1 Å². The third-order valence-electron chi connectivity index (χ3n) is 5.38. The van der Waals surface area contributed by atoms with Crippen molar-refractivity contribution < 1.29 is 0 Å². The van der Waals surface area contributed by atoms with Gasteiger partial charge in [-0.25, -0.2) is 9.97 Å². The van der Waals surface area contributed by atoms with Gasteiger partial charge in [0.25, 0.3) is 0 Å². The molecule has 3 heterocycles. The van der Waals surface area contributed by atoms with Crippen LogP contribution in [-0.2, 0) is 6.42 Å². The molecule has 5 rings (SSSR count). The second-order valence-corrected chi connectivity index (χ2v) is 8.68. The van der Waals surface area contributed by atoms with Gasteiger partial charge in [-0.3, -0.25) is 0 Å². The van der Waals surface area contributed by atoms with Gasteiger partial charge in [-0.15, -0.1) is 0 Å². The molecule has 0 saturated carbocycles. The third-order valence-corrected chi connectivity index (χ3v) is 6.31. The number of nitrogens with one attached hydrogen (secondary N) is 1. The van der Waals surface area contributed by atoms with E-state index >= 15 is 0 Å². The van der Waals surface area contributed by atoms with Crippen LogP contribution in [0.3, 0.4) is 0 Å². The number of hydrogen-bond donors (Lipinski definition) is 1. The lowest BCUT2D eigenvalue weighted by Gasteiger charge is -2.11. The van der Waals surface area contributed by atoms with Crippen molar-refractivity contribution in [3.05, 3.63) is 70.9 Å². The summed E-state index contributed by atoms with van der Waals surface area (Å²) in [4.78, 5) is 9.69. The van der Waals surface area contributed by atoms with Crippen molar-refractivity contribution in [1.29, 1.82) is 0 Å². The number of fused-ring (bicyclic) bond motifs is 2. The zero-order valence-corrected chi connectivity index (χ0v) is 18.3. The van der Waals surface area contributed by atoms with Crippen LogP contribution >= 0.6 is 11.3 Å². The molecule has 2 aromatic carbocycles. The van der Waals surface area contributed by atoms with E-state index in [9.17, 15) is 0 Å². The summed E-state index contributed by atoms with van der Waals surface area (Å²) >= 11 is 1.66. The van der Waals surface area contributed by atoms with Crippen molar-refractivity contribution in [1.82, 2.24) is 19.7 Å². The lowest BCUT2D eigenvalue weighted by molar-refractivity contribution is 0.842. The lowest BCUT2D eigenvalue weighted by Crippen LogP contribution is -2.05. The first-order chi connectivity index (χ1) is 14.5. The van der Waals surface area contributed by atoms with Crippen LogP contribution in [0.15, 0.2) is 48.5 Å². The number of thiazole rings is 1. The van der Waals surface area contributed by atoms with Gasteiger partial charge < -0.3 is 5.32 Å². The van der Waals surface area contributed by atoms with Gasteiger partial charge in [-0.1, -0.05) is 42.5 Å². The van der Waals surface area contributed by atoms with E-state index in [-0.39, 0.29) is 0 Å². The number of aryl methyl sites for hydroxylation is 4. The Morgan fingerprint density at radius 3 is 2.67 bits per heavy atom. The van der Waals surface area contributed by atoms with E-state index in [1.807, 2.05) is 17.7 Å². The molecule has 150 valence electrons.